The third-order valence-corrected chi connectivity index (χ3v) is 3.12. The highest BCUT2D eigenvalue weighted by atomic mass is 19.1. The molecule has 1 N–H and O–H groups in total. The van der Waals surface area contributed by atoms with Crippen molar-refractivity contribution in [2.24, 2.45) is 7.05 Å². The molecule has 3 rings (SSSR count). The van der Waals surface area contributed by atoms with E-state index in [0.717, 1.165) is 0 Å². The van der Waals surface area contributed by atoms with Crippen LogP contribution in [0.25, 0.3) is 11.3 Å². The molecule has 1 aliphatic rings. The number of aromatic carboxylic acids is 1. The number of rotatable bonds is 3. The molecule has 1 aromatic carbocycles. The maximum Gasteiger partial charge on any atom is 0.356 e. The van der Waals surface area contributed by atoms with Gasteiger partial charge in [-0.2, -0.15) is 5.10 Å². The Morgan fingerprint density at radius 2 is 2.10 bits per heavy atom. The van der Waals surface area contributed by atoms with Crippen LogP contribution in [0.2, 0.25) is 0 Å². The Bertz CT molecular complexity index is 696. The third-order valence-electron chi connectivity index (χ3n) is 3.12. The number of fused-ring (bicyclic) bond motifs is 1. The van der Waals surface area contributed by atoms with Crippen LogP contribution in [0.5, 0.6) is 11.5 Å². The summed E-state index contributed by atoms with van der Waals surface area (Å²) in [5, 5.41) is 12.8. The number of carboxylic acids is 1. The van der Waals surface area contributed by atoms with E-state index in [4.69, 9.17) is 14.6 Å². The van der Waals surface area contributed by atoms with Gasteiger partial charge in [0.25, 0.3) is 0 Å². The summed E-state index contributed by atoms with van der Waals surface area (Å²) in [6.07, 6.45) is 0. The Hall–Kier alpha value is -2.57. The molecule has 2 heterocycles. The largest absolute Gasteiger partial charge is 0.476 e. The van der Waals surface area contributed by atoms with Crippen LogP contribution in [0.1, 0.15) is 16.1 Å². The van der Waals surface area contributed by atoms with Gasteiger partial charge in [0.05, 0.1) is 5.69 Å². The first-order chi connectivity index (χ1) is 9.60. The molecule has 6 nitrogen and oxygen atoms in total. The molecule has 0 unspecified atom stereocenters. The topological polar surface area (TPSA) is 73.6 Å². The van der Waals surface area contributed by atoms with E-state index >= 15 is 0 Å². The summed E-state index contributed by atoms with van der Waals surface area (Å²) in [6.45, 7) is -0.601. The number of halogens is 1. The SMILES string of the molecule is Cn1nc(C(=O)O)cc1-c1cc2c(cc1CF)OCO2. The first-order valence-electron chi connectivity index (χ1n) is 5.86. The molecule has 20 heavy (non-hydrogen) atoms. The predicted octanol–water partition coefficient (Wildman–Crippen LogP) is 1.98. The van der Waals surface area contributed by atoms with E-state index in [-0.39, 0.29) is 12.5 Å². The second kappa shape index (κ2) is 4.52. The van der Waals surface area contributed by atoms with Crippen LogP contribution in [-0.2, 0) is 13.7 Å². The summed E-state index contributed by atoms with van der Waals surface area (Å²) >= 11 is 0. The summed E-state index contributed by atoms with van der Waals surface area (Å²) in [5.74, 6) is -0.133. The summed E-state index contributed by atoms with van der Waals surface area (Å²) in [4.78, 5) is 10.9. The molecule has 0 radical (unpaired) electrons. The molecule has 0 atom stereocenters. The van der Waals surface area contributed by atoms with Gasteiger partial charge in [-0.05, 0) is 23.8 Å². The second-order valence-corrected chi connectivity index (χ2v) is 4.34. The summed E-state index contributed by atoms with van der Waals surface area (Å²) in [6, 6.07) is 4.60. The number of alkyl halides is 1. The normalized spacial score (nSPS) is 12.7. The molecule has 2 aromatic rings. The van der Waals surface area contributed by atoms with Gasteiger partial charge in [0.1, 0.15) is 6.67 Å². The van der Waals surface area contributed by atoms with E-state index in [0.29, 0.717) is 28.3 Å². The number of aryl methyl sites for hydroxylation is 1. The molecule has 0 amide bonds. The van der Waals surface area contributed by atoms with Crippen molar-refractivity contribution < 1.29 is 23.8 Å². The minimum atomic E-state index is -1.13. The van der Waals surface area contributed by atoms with Gasteiger partial charge in [-0.3, -0.25) is 4.68 Å². The Balaban J connectivity index is 2.16. The van der Waals surface area contributed by atoms with Gasteiger partial charge in [-0.25, -0.2) is 9.18 Å². The van der Waals surface area contributed by atoms with Crippen molar-refractivity contribution in [3.8, 4) is 22.8 Å². The lowest BCUT2D eigenvalue weighted by atomic mass is 10.0. The van der Waals surface area contributed by atoms with Crippen LogP contribution < -0.4 is 9.47 Å². The predicted molar refractivity (Wildman–Crippen MR) is 66.5 cm³/mol. The minimum Gasteiger partial charge on any atom is -0.476 e. The zero-order chi connectivity index (χ0) is 14.3. The van der Waals surface area contributed by atoms with E-state index < -0.39 is 12.6 Å². The fraction of sp³-hybridized carbons (Fsp3) is 0.231. The van der Waals surface area contributed by atoms with Gasteiger partial charge in [0, 0.05) is 12.6 Å². The lowest BCUT2D eigenvalue weighted by molar-refractivity contribution is 0.0689. The lowest BCUT2D eigenvalue weighted by Crippen LogP contribution is -1.99. The number of carbonyl (C=O) groups is 1. The van der Waals surface area contributed by atoms with E-state index in [1.807, 2.05) is 0 Å². The molecular formula is C13H11FN2O4. The van der Waals surface area contributed by atoms with Gasteiger partial charge in [-0.15, -0.1) is 0 Å². The number of ether oxygens (including phenoxy) is 2. The highest BCUT2D eigenvalue weighted by Crippen LogP contribution is 2.39. The highest BCUT2D eigenvalue weighted by molar-refractivity contribution is 5.87. The molecule has 0 saturated heterocycles. The van der Waals surface area contributed by atoms with Gasteiger partial charge in [0.2, 0.25) is 6.79 Å². The van der Waals surface area contributed by atoms with Gasteiger partial charge >= 0.3 is 5.97 Å². The van der Waals surface area contributed by atoms with Gasteiger partial charge in [0.15, 0.2) is 17.2 Å². The van der Waals surface area contributed by atoms with Crippen molar-refractivity contribution in [2.75, 3.05) is 6.79 Å². The van der Waals surface area contributed by atoms with Crippen molar-refractivity contribution >= 4 is 5.97 Å². The number of carboxylic acid groups (broad SMARTS) is 1. The number of aromatic nitrogens is 2. The summed E-state index contributed by atoms with van der Waals surface area (Å²) < 4.78 is 25.1. The standard InChI is InChI=1S/C13H11FN2O4/c1-16-10(4-9(15-16)13(17)18)8-3-12-11(19-6-20-12)2-7(8)5-14/h2-4H,5-6H2,1H3,(H,17,18). The van der Waals surface area contributed by atoms with Crippen LogP contribution in [0.3, 0.4) is 0 Å². The maximum absolute atomic E-state index is 13.2. The summed E-state index contributed by atoms with van der Waals surface area (Å²) in [5.41, 5.74) is 1.35. The van der Waals surface area contributed by atoms with Gasteiger partial charge < -0.3 is 14.6 Å². The molecule has 0 fully saturated rings. The number of benzene rings is 1. The first kappa shape index (κ1) is 12.5. The average molecular weight is 278 g/mol. The van der Waals surface area contributed by atoms with Crippen LogP contribution in [-0.4, -0.2) is 27.6 Å². The van der Waals surface area contributed by atoms with Crippen LogP contribution in [0, 0.1) is 0 Å². The Kier molecular flexibility index (Phi) is 2.81. The van der Waals surface area contributed by atoms with E-state index in [1.54, 1.807) is 19.2 Å². The molecule has 1 aliphatic heterocycles. The molecule has 0 aliphatic carbocycles. The fourth-order valence-electron chi connectivity index (χ4n) is 2.16. The second-order valence-electron chi connectivity index (χ2n) is 4.34. The average Bonchev–Trinajstić information content (AvgIpc) is 3.02. The quantitative estimate of drug-likeness (QED) is 0.929. The van der Waals surface area contributed by atoms with E-state index in [1.165, 1.54) is 10.7 Å². The van der Waals surface area contributed by atoms with Crippen LogP contribution >= 0.6 is 0 Å². The monoisotopic (exact) mass is 278 g/mol. The molecule has 0 bridgehead atoms. The van der Waals surface area contributed by atoms with Crippen LogP contribution in [0.15, 0.2) is 18.2 Å². The Morgan fingerprint density at radius 1 is 1.40 bits per heavy atom. The zero-order valence-corrected chi connectivity index (χ0v) is 10.6. The van der Waals surface area contributed by atoms with Crippen LogP contribution in [0.4, 0.5) is 4.39 Å². The van der Waals surface area contributed by atoms with Crippen molar-refractivity contribution in [3.63, 3.8) is 0 Å². The van der Waals surface area contributed by atoms with E-state index in [2.05, 4.69) is 5.10 Å². The number of hydrogen-bond acceptors (Lipinski definition) is 4. The maximum atomic E-state index is 13.2. The molecule has 104 valence electrons. The van der Waals surface area contributed by atoms with Gasteiger partial charge in [-0.1, -0.05) is 0 Å². The number of hydrogen-bond donors (Lipinski definition) is 1. The lowest BCUT2D eigenvalue weighted by Gasteiger charge is -2.08. The van der Waals surface area contributed by atoms with Crippen molar-refractivity contribution in [1.29, 1.82) is 0 Å². The Labute approximate surface area is 113 Å². The highest BCUT2D eigenvalue weighted by Gasteiger charge is 2.21. The Morgan fingerprint density at radius 3 is 2.70 bits per heavy atom. The van der Waals surface area contributed by atoms with Crippen molar-refractivity contribution in [1.82, 2.24) is 9.78 Å². The first-order valence-corrected chi connectivity index (χ1v) is 5.86. The minimum absolute atomic E-state index is 0.0926. The fourth-order valence-corrected chi connectivity index (χ4v) is 2.16. The molecule has 7 heteroatoms. The molecular weight excluding hydrogens is 267 g/mol. The number of nitrogens with zero attached hydrogens (tertiary/aromatic N) is 2. The van der Waals surface area contributed by atoms with E-state index in [9.17, 15) is 9.18 Å². The third kappa shape index (κ3) is 1.87. The zero-order valence-electron chi connectivity index (χ0n) is 10.6. The molecule has 0 spiro atoms. The molecule has 1 aromatic heterocycles. The van der Waals surface area contributed by atoms with Crippen molar-refractivity contribution in [2.45, 2.75) is 6.67 Å². The molecule has 0 saturated carbocycles. The summed E-state index contributed by atoms with van der Waals surface area (Å²) in [7, 11) is 1.61. The smallest absolute Gasteiger partial charge is 0.356 e. The van der Waals surface area contributed by atoms with Crippen molar-refractivity contribution in [3.05, 3.63) is 29.5 Å².